The lowest BCUT2D eigenvalue weighted by molar-refractivity contribution is -0.128. The number of carbonyl (C=O) groups excluding carboxylic acids is 2. The Kier molecular flexibility index (Phi) is 6.37. The molecule has 2 amide bonds. The van der Waals surface area contributed by atoms with E-state index in [-0.39, 0.29) is 24.2 Å². The first-order valence-corrected chi connectivity index (χ1v) is 11.2. The van der Waals surface area contributed by atoms with Crippen LogP contribution in [0.4, 0.5) is 5.13 Å². The van der Waals surface area contributed by atoms with Gasteiger partial charge in [0.05, 0.1) is 16.6 Å². The predicted molar refractivity (Wildman–Crippen MR) is 121 cm³/mol. The van der Waals surface area contributed by atoms with Crippen molar-refractivity contribution >= 4 is 51.5 Å². The monoisotopic (exact) mass is 459 g/mol. The summed E-state index contributed by atoms with van der Waals surface area (Å²) in [5.41, 5.74) is 2.60. The molecule has 3 aromatic rings. The molecule has 0 spiro atoms. The molecule has 154 valence electrons. The molecule has 0 saturated carbocycles. The van der Waals surface area contributed by atoms with Crippen LogP contribution in [0.5, 0.6) is 0 Å². The number of halogens is 2. The Labute approximate surface area is 188 Å². The third-order valence-electron chi connectivity index (χ3n) is 5.04. The molecular weight excluding hydrogens is 441 g/mol. The number of aromatic nitrogens is 1. The first-order chi connectivity index (χ1) is 14.5. The number of anilines is 1. The molecule has 5 nitrogen and oxygen atoms in total. The van der Waals surface area contributed by atoms with Gasteiger partial charge in [0.15, 0.2) is 5.13 Å². The van der Waals surface area contributed by atoms with Crippen molar-refractivity contribution in [2.75, 3.05) is 18.4 Å². The number of likely N-dealkylation sites (tertiary alicyclic amines) is 1. The molecule has 0 aliphatic carbocycles. The summed E-state index contributed by atoms with van der Waals surface area (Å²) >= 11 is 13.5. The van der Waals surface area contributed by atoms with Crippen LogP contribution in [-0.2, 0) is 16.0 Å². The molecule has 1 aliphatic rings. The Morgan fingerprint density at radius 2 is 2.00 bits per heavy atom. The maximum atomic E-state index is 12.7. The number of hydrogen-bond acceptors (Lipinski definition) is 4. The summed E-state index contributed by atoms with van der Waals surface area (Å²) in [6, 6.07) is 15.2. The minimum atomic E-state index is -0.375. The molecule has 2 heterocycles. The van der Waals surface area contributed by atoms with Gasteiger partial charge in [0.1, 0.15) is 0 Å². The van der Waals surface area contributed by atoms with Crippen molar-refractivity contribution in [1.82, 2.24) is 9.88 Å². The molecule has 0 radical (unpaired) electrons. The summed E-state index contributed by atoms with van der Waals surface area (Å²) in [4.78, 5) is 31.2. The van der Waals surface area contributed by atoms with Crippen LogP contribution in [0.1, 0.15) is 12.0 Å². The smallest absolute Gasteiger partial charge is 0.231 e. The number of nitrogens with zero attached hydrogens (tertiary/aromatic N) is 2. The Hall–Kier alpha value is -2.41. The summed E-state index contributed by atoms with van der Waals surface area (Å²) in [5.74, 6) is -0.549. The molecule has 2 aromatic carbocycles. The average molecular weight is 460 g/mol. The van der Waals surface area contributed by atoms with Crippen LogP contribution in [0.2, 0.25) is 10.0 Å². The van der Waals surface area contributed by atoms with Crippen LogP contribution in [0, 0.1) is 5.92 Å². The second-order valence-electron chi connectivity index (χ2n) is 7.13. The number of amides is 2. The molecule has 0 bridgehead atoms. The van der Waals surface area contributed by atoms with Crippen LogP contribution in [0.25, 0.3) is 11.3 Å². The molecule has 1 saturated heterocycles. The van der Waals surface area contributed by atoms with E-state index in [4.69, 9.17) is 23.2 Å². The molecule has 1 aliphatic heterocycles. The SMILES string of the molecule is O=C(Nc1nc(-c2ccc(Cl)cc2Cl)cs1)C1CC(=O)N(CCc2ccccc2)C1. The molecular formula is C22H19Cl2N3O2S. The van der Waals surface area contributed by atoms with Gasteiger partial charge in [0.25, 0.3) is 0 Å². The normalized spacial score (nSPS) is 16.1. The van der Waals surface area contributed by atoms with E-state index in [1.165, 1.54) is 16.9 Å². The van der Waals surface area contributed by atoms with E-state index in [1.54, 1.807) is 23.1 Å². The molecule has 1 fully saturated rings. The second kappa shape index (κ2) is 9.16. The van der Waals surface area contributed by atoms with Gasteiger partial charge in [-0.15, -0.1) is 11.3 Å². The third kappa shape index (κ3) is 4.83. The molecule has 1 aromatic heterocycles. The zero-order valence-electron chi connectivity index (χ0n) is 16.0. The Bertz CT molecular complexity index is 1070. The van der Waals surface area contributed by atoms with E-state index in [1.807, 2.05) is 35.7 Å². The zero-order valence-corrected chi connectivity index (χ0v) is 18.3. The highest BCUT2D eigenvalue weighted by Crippen LogP contribution is 2.32. The number of thiazole rings is 1. The lowest BCUT2D eigenvalue weighted by atomic mass is 10.1. The van der Waals surface area contributed by atoms with Gasteiger partial charge in [-0.1, -0.05) is 53.5 Å². The quantitative estimate of drug-likeness (QED) is 0.554. The highest BCUT2D eigenvalue weighted by molar-refractivity contribution is 7.14. The van der Waals surface area contributed by atoms with Gasteiger partial charge in [-0.3, -0.25) is 9.59 Å². The number of nitrogens with one attached hydrogen (secondary N) is 1. The molecule has 1 unspecified atom stereocenters. The van der Waals surface area contributed by atoms with Crippen molar-refractivity contribution in [3.8, 4) is 11.3 Å². The van der Waals surface area contributed by atoms with Gasteiger partial charge in [0.2, 0.25) is 11.8 Å². The average Bonchev–Trinajstić information content (AvgIpc) is 3.34. The number of hydrogen-bond donors (Lipinski definition) is 1. The highest BCUT2D eigenvalue weighted by Gasteiger charge is 2.34. The summed E-state index contributed by atoms with van der Waals surface area (Å²) in [6.45, 7) is 1.04. The maximum absolute atomic E-state index is 12.7. The molecule has 30 heavy (non-hydrogen) atoms. The van der Waals surface area contributed by atoms with Crippen LogP contribution < -0.4 is 5.32 Å². The zero-order chi connectivity index (χ0) is 21.1. The number of carbonyl (C=O) groups is 2. The third-order valence-corrected chi connectivity index (χ3v) is 6.35. The first kappa shape index (κ1) is 20.8. The molecule has 8 heteroatoms. The molecule has 1 N–H and O–H groups in total. The van der Waals surface area contributed by atoms with E-state index in [0.29, 0.717) is 34.0 Å². The Morgan fingerprint density at radius 3 is 2.77 bits per heavy atom. The number of rotatable bonds is 6. The van der Waals surface area contributed by atoms with Crippen molar-refractivity contribution in [3.63, 3.8) is 0 Å². The fourth-order valence-corrected chi connectivity index (χ4v) is 4.65. The standard InChI is InChI=1S/C22H19Cl2N3O2S/c23-16-6-7-17(18(24)11-16)19-13-30-22(25-19)26-21(29)15-10-20(28)27(12-15)9-8-14-4-2-1-3-5-14/h1-7,11,13,15H,8-10,12H2,(H,25,26,29). The van der Waals surface area contributed by atoms with Crippen molar-refractivity contribution in [3.05, 3.63) is 69.5 Å². The summed E-state index contributed by atoms with van der Waals surface area (Å²) in [5, 5.41) is 6.21. The second-order valence-corrected chi connectivity index (χ2v) is 8.83. The van der Waals surface area contributed by atoms with Crippen LogP contribution in [0.3, 0.4) is 0 Å². The molecule has 1 atom stereocenters. The minimum Gasteiger partial charge on any atom is -0.342 e. The van der Waals surface area contributed by atoms with E-state index in [0.717, 1.165) is 12.0 Å². The van der Waals surface area contributed by atoms with Gasteiger partial charge in [-0.25, -0.2) is 4.98 Å². The lowest BCUT2D eigenvalue weighted by Gasteiger charge is -2.16. The van der Waals surface area contributed by atoms with Crippen molar-refractivity contribution < 1.29 is 9.59 Å². The Balaban J connectivity index is 1.35. The van der Waals surface area contributed by atoms with E-state index in [2.05, 4.69) is 10.3 Å². The fourth-order valence-electron chi connectivity index (χ4n) is 3.43. The van der Waals surface area contributed by atoms with Crippen molar-refractivity contribution in [2.45, 2.75) is 12.8 Å². The Morgan fingerprint density at radius 1 is 1.20 bits per heavy atom. The number of benzene rings is 2. The largest absolute Gasteiger partial charge is 0.342 e. The summed E-state index contributed by atoms with van der Waals surface area (Å²) < 4.78 is 0. The van der Waals surface area contributed by atoms with Gasteiger partial charge >= 0.3 is 0 Å². The van der Waals surface area contributed by atoms with Crippen molar-refractivity contribution in [2.24, 2.45) is 5.92 Å². The minimum absolute atomic E-state index is 0.0128. The highest BCUT2D eigenvalue weighted by atomic mass is 35.5. The maximum Gasteiger partial charge on any atom is 0.231 e. The van der Waals surface area contributed by atoms with Crippen LogP contribution in [0.15, 0.2) is 53.9 Å². The topological polar surface area (TPSA) is 62.3 Å². The van der Waals surface area contributed by atoms with Gasteiger partial charge < -0.3 is 10.2 Å². The summed E-state index contributed by atoms with van der Waals surface area (Å²) in [7, 11) is 0. The van der Waals surface area contributed by atoms with E-state index in [9.17, 15) is 9.59 Å². The van der Waals surface area contributed by atoms with Gasteiger partial charge in [-0.05, 0) is 30.2 Å². The summed E-state index contributed by atoms with van der Waals surface area (Å²) in [6.07, 6.45) is 1.00. The van der Waals surface area contributed by atoms with Crippen LogP contribution >= 0.6 is 34.5 Å². The van der Waals surface area contributed by atoms with Crippen molar-refractivity contribution in [1.29, 1.82) is 0 Å². The van der Waals surface area contributed by atoms with Gasteiger partial charge in [0, 0.05) is 35.5 Å². The predicted octanol–water partition coefficient (Wildman–Crippen LogP) is 5.15. The first-order valence-electron chi connectivity index (χ1n) is 9.53. The lowest BCUT2D eigenvalue weighted by Crippen LogP contribution is -2.30. The van der Waals surface area contributed by atoms with E-state index < -0.39 is 0 Å². The fraction of sp³-hybridized carbons (Fsp3) is 0.227. The van der Waals surface area contributed by atoms with Crippen LogP contribution in [-0.4, -0.2) is 34.8 Å². The molecule has 4 rings (SSSR count). The van der Waals surface area contributed by atoms with E-state index >= 15 is 0 Å². The van der Waals surface area contributed by atoms with Gasteiger partial charge in [-0.2, -0.15) is 0 Å².